The number of nitrogens with one attached hydrogen (secondary N) is 1. The van der Waals surface area contributed by atoms with Crippen LogP contribution in [0.2, 0.25) is 0 Å². The highest BCUT2D eigenvalue weighted by atomic mass is 32.1. The van der Waals surface area contributed by atoms with Crippen molar-refractivity contribution in [3.8, 4) is 0 Å². The van der Waals surface area contributed by atoms with Gasteiger partial charge in [0.05, 0.1) is 5.69 Å². The number of likely N-dealkylation sites (N-methyl/N-ethyl adjacent to an activating group) is 1. The van der Waals surface area contributed by atoms with Crippen molar-refractivity contribution in [2.45, 2.75) is 13.8 Å². The van der Waals surface area contributed by atoms with Gasteiger partial charge in [-0.05, 0) is 44.2 Å². The van der Waals surface area contributed by atoms with Crippen molar-refractivity contribution in [2.75, 3.05) is 38.7 Å². The first kappa shape index (κ1) is 17.4. The van der Waals surface area contributed by atoms with Crippen LogP contribution in [0.1, 0.15) is 11.1 Å². The third-order valence-corrected chi connectivity index (χ3v) is 4.22. The summed E-state index contributed by atoms with van der Waals surface area (Å²) in [5.41, 5.74) is 11.8. The number of anilines is 1. The maximum atomic E-state index is 12.6. The van der Waals surface area contributed by atoms with Crippen LogP contribution in [0.25, 0.3) is 0 Å². The van der Waals surface area contributed by atoms with E-state index in [1.807, 2.05) is 39.1 Å². The Hall–Kier alpha value is -1.99. The normalized spacial score (nSPS) is 16.3. The first-order valence-electron chi connectivity index (χ1n) is 7.57. The third-order valence-electron chi connectivity index (χ3n) is 4.03. The van der Waals surface area contributed by atoms with Crippen molar-refractivity contribution < 1.29 is 4.79 Å². The first-order chi connectivity index (χ1) is 10.9. The van der Waals surface area contributed by atoms with E-state index in [1.54, 1.807) is 4.90 Å². The smallest absolute Gasteiger partial charge is 0.277 e. The molecule has 0 radical (unpaired) electrons. The monoisotopic (exact) mass is 333 g/mol. The van der Waals surface area contributed by atoms with Crippen molar-refractivity contribution in [3.63, 3.8) is 0 Å². The predicted octanol–water partition coefficient (Wildman–Crippen LogP) is 1.13. The number of benzene rings is 1. The van der Waals surface area contributed by atoms with Crippen LogP contribution in [-0.2, 0) is 4.79 Å². The van der Waals surface area contributed by atoms with Crippen LogP contribution in [-0.4, -0.2) is 59.6 Å². The summed E-state index contributed by atoms with van der Waals surface area (Å²) in [5, 5.41) is 4.15. The summed E-state index contributed by atoms with van der Waals surface area (Å²) in [5.74, 6) is -0.220. The number of carbonyl (C=O) groups is 1. The van der Waals surface area contributed by atoms with E-state index in [0.29, 0.717) is 13.1 Å². The molecule has 0 unspecified atom stereocenters. The van der Waals surface area contributed by atoms with Crippen LogP contribution in [0.5, 0.6) is 0 Å². The molecule has 1 heterocycles. The van der Waals surface area contributed by atoms with Gasteiger partial charge in [-0.15, -0.1) is 0 Å². The Morgan fingerprint density at radius 2 is 1.87 bits per heavy atom. The van der Waals surface area contributed by atoms with Crippen molar-refractivity contribution in [1.29, 1.82) is 0 Å². The summed E-state index contributed by atoms with van der Waals surface area (Å²) in [6, 6.07) is 5.87. The van der Waals surface area contributed by atoms with E-state index in [2.05, 4.69) is 15.4 Å². The van der Waals surface area contributed by atoms with Gasteiger partial charge >= 0.3 is 0 Å². The third kappa shape index (κ3) is 4.49. The van der Waals surface area contributed by atoms with Gasteiger partial charge in [0.1, 0.15) is 4.99 Å². The molecule has 6 nitrogen and oxygen atoms in total. The lowest BCUT2D eigenvalue weighted by Gasteiger charge is -2.32. The zero-order valence-electron chi connectivity index (χ0n) is 13.8. The molecule has 23 heavy (non-hydrogen) atoms. The Labute approximate surface area is 142 Å². The van der Waals surface area contributed by atoms with Crippen LogP contribution >= 0.6 is 12.2 Å². The van der Waals surface area contributed by atoms with Crippen LogP contribution in [0, 0.1) is 13.8 Å². The fourth-order valence-corrected chi connectivity index (χ4v) is 2.43. The predicted molar refractivity (Wildman–Crippen MR) is 97.8 cm³/mol. The number of carbonyl (C=O) groups excluding carboxylic acids is 1. The molecule has 0 bridgehead atoms. The van der Waals surface area contributed by atoms with E-state index < -0.39 is 0 Å². The maximum absolute atomic E-state index is 12.6. The molecule has 1 aromatic rings. The summed E-state index contributed by atoms with van der Waals surface area (Å²) in [4.78, 5) is 16.5. The number of hydrogen-bond donors (Lipinski definition) is 2. The molecule has 7 heteroatoms. The fraction of sp³-hybridized carbons (Fsp3) is 0.438. The Balaban J connectivity index is 2.12. The van der Waals surface area contributed by atoms with E-state index in [0.717, 1.165) is 24.3 Å². The highest BCUT2D eigenvalue weighted by molar-refractivity contribution is 7.82. The van der Waals surface area contributed by atoms with Gasteiger partial charge in [-0.1, -0.05) is 18.3 Å². The van der Waals surface area contributed by atoms with Crippen LogP contribution in [0.3, 0.4) is 0 Å². The van der Waals surface area contributed by atoms with Gasteiger partial charge in [-0.2, -0.15) is 5.10 Å². The molecule has 0 spiro atoms. The zero-order chi connectivity index (χ0) is 17.0. The molecular formula is C16H23N5OS. The molecule has 0 saturated carbocycles. The highest BCUT2D eigenvalue weighted by Gasteiger charge is 2.25. The summed E-state index contributed by atoms with van der Waals surface area (Å²) in [6.45, 7) is 7.04. The Morgan fingerprint density at radius 1 is 1.22 bits per heavy atom. The molecule has 0 atom stereocenters. The molecular weight excluding hydrogens is 310 g/mol. The number of hydrazone groups is 1. The number of hydrogen-bond acceptors (Lipinski definition) is 5. The highest BCUT2D eigenvalue weighted by Crippen LogP contribution is 2.14. The van der Waals surface area contributed by atoms with Gasteiger partial charge in [0, 0.05) is 26.2 Å². The lowest BCUT2D eigenvalue weighted by molar-refractivity contribution is -0.125. The Morgan fingerprint density at radius 3 is 2.43 bits per heavy atom. The molecule has 0 aromatic heterocycles. The van der Waals surface area contributed by atoms with Crippen molar-refractivity contribution in [2.24, 2.45) is 10.8 Å². The van der Waals surface area contributed by atoms with Gasteiger partial charge in [0.25, 0.3) is 5.91 Å². The molecule has 1 saturated heterocycles. The second-order valence-electron chi connectivity index (χ2n) is 5.83. The standard InChI is InChI=1S/C16H23N5OS/c1-11-4-5-13(10-12(11)2)18-19-14(15(17)23)16(22)21-8-6-20(3)7-9-21/h4-5,10,18H,6-9H2,1-3H3,(H2,17,23). The van der Waals surface area contributed by atoms with Gasteiger partial charge in [-0.25, -0.2) is 0 Å². The van der Waals surface area contributed by atoms with E-state index in [1.165, 1.54) is 5.56 Å². The number of rotatable bonds is 4. The molecule has 0 aliphatic carbocycles. The maximum Gasteiger partial charge on any atom is 0.277 e. The van der Waals surface area contributed by atoms with Gasteiger partial charge in [0.15, 0.2) is 5.71 Å². The molecule has 3 N–H and O–H groups in total. The van der Waals surface area contributed by atoms with E-state index in [-0.39, 0.29) is 16.6 Å². The van der Waals surface area contributed by atoms with Crippen molar-refractivity contribution >= 4 is 34.5 Å². The molecule has 124 valence electrons. The Kier molecular flexibility index (Phi) is 5.68. The Bertz CT molecular complexity index is 635. The summed E-state index contributed by atoms with van der Waals surface area (Å²) >= 11 is 5.00. The quantitative estimate of drug-likeness (QED) is 0.491. The topological polar surface area (TPSA) is 74.0 Å². The largest absolute Gasteiger partial charge is 0.388 e. The minimum Gasteiger partial charge on any atom is -0.388 e. The van der Waals surface area contributed by atoms with Crippen LogP contribution in [0.4, 0.5) is 5.69 Å². The molecule has 1 amide bonds. The minimum absolute atomic E-state index is 0.00487. The first-order valence-corrected chi connectivity index (χ1v) is 7.98. The van der Waals surface area contributed by atoms with Crippen LogP contribution < -0.4 is 11.2 Å². The average molecular weight is 333 g/mol. The van der Waals surface area contributed by atoms with E-state index >= 15 is 0 Å². The van der Waals surface area contributed by atoms with Crippen LogP contribution in [0.15, 0.2) is 23.3 Å². The molecule has 1 fully saturated rings. The SMILES string of the molecule is Cc1ccc(NN=C(C(=O)N2CCN(C)CC2)C(N)=S)cc1C. The number of piperazine rings is 1. The number of amides is 1. The fourth-order valence-electron chi connectivity index (χ4n) is 2.30. The second-order valence-corrected chi connectivity index (χ2v) is 6.27. The van der Waals surface area contributed by atoms with Crippen molar-refractivity contribution in [1.82, 2.24) is 9.80 Å². The summed E-state index contributed by atoms with van der Waals surface area (Å²) < 4.78 is 0. The van der Waals surface area contributed by atoms with E-state index in [9.17, 15) is 4.79 Å². The van der Waals surface area contributed by atoms with Gasteiger partial charge in [-0.3, -0.25) is 10.2 Å². The number of aryl methyl sites for hydroxylation is 2. The molecule has 1 aliphatic heterocycles. The lowest BCUT2D eigenvalue weighted by atomic mass is 10.1. The van der Waals surface area contributed by atoms with Gasteiger partial charge < -0.3 is 15.5 Å². The average Bonchev–Trinajstić information content (AvgIpc) is 2.51. The summed E-state index contributed by atoms with van der Waals surface area (Å²) in [7, 11) is 2.03. The zero-order valence-corrected chi connectivity index (χ0v) is 14.6. The van der Waals surface area contributed by atoms with E-state index in [4.69, 9.17) is 18.0 Å². The summed E-state index contributed by atoms with van der Waals surface area (Å²) in [6.07, 6.45) is 0. The number of nitrogens with two attached hydrogens (primary N) is 1. The van der Waals surface area contributed by atoms with Crippen molar-refractivity contribution in [3.05, 3.63) is 29.3 Å². The second kappa shape index (κ2) is 7.52. The molecule has 1 aromatic carbocycles. The number of nitrogens with zero attached hydrogens (tertiary/aromatic N) is 3. The van der Waals surface area contributed by atoms with Gasteiger partial charge in [0.2, 0.25) is 0 Å². The molecule has 2 rings (SSSR count). The molecule has 1 aliphatic rings. The number of thiocarbonyl (C=S) groups is 1. The lowest BCUT2D eigenvalue weighted by Crippen LogP contribution is -2.51. The minimum atomic E-state index is -0.220.